The summed E-state index contributed by atoms with van der Waals surface area (Å²) in [6.07, 6.45) is 8.32. The van der Waals surface area contributed by atoms with E-state index in [1.807, 2.05) is 24.3 Å². The Labute approximate surface area is 142 Å². The molecule has 0 saturated heterocycles. The molecule has 1 atom stereocenters. The number of nitrogens with zero attached hydrogens (tertiary/aromatic N) is 4. The predicted molar refractivity (Wildman–Crippen MR) is 91.3 cm³/mol. The van der Waals surface area contributed by atoms with Gasteiger partial charge in [0.25, 0.3) is 0 Å². The lowest BCUT2D eigenvalue weighted by Crippen LogP contribution is -2.18. The number of carbonyl (C=O) groups excluding carboxylic acids is 1. The Kier molecular flexibility index (Phi) is 4.59. The molecule has 0 radical (unpaired) electrons. The molecule has 0 aromatic carbocycles. The first kappa shape index (κ1) is 15.8. The van der Waals surface area contributed by atoms with Gasteiger partial charge in [0.1, 0.15) is 10.9 Å². The van der Waals surface area contributed by atoms with E-state index in [1.165, 1.54) is 6.20 Å². The SMILES string of the molecule is CC(C(=O)Nc1ncc(C#N)s1)c1cncc(-c2cccnc2)c1. The van der Waals surface area contributed by atoms with Gasteiger partial charge in [-0.2, -0.15) is 5.26 Å². The number of rotatable bonds is 4. The first-order chi connectivity index (χ1) is 11.7. The Morgan fingerprint density at radius 1 is 1.25 bits per heavy atom. The first-order valence-corrected chi connectivity index (χ1v) is 8.01. The van der Waals surface area contributed by atoms with Crippen LogP contribution in [-0.2, 0) is 4.79 Å². The van der Waals surface area contributed by atoms with Gasteiger partial charge in [0.05, 0.1) is 12.1 Å². The number of hydrogen-bond acceptors (Lipinski definition) is 6. The summed E-state index contributed by atoms with van der Waals surface area (Å²) in [5.41, 5.74) is 2.64. The number of anilines is 1. The van der Waals surface area contributed by atoms with Crippen LogP contribution in [0.25, 0.3) is 11.1 Å². The average molecular weight is 335 g/mol. The quantitative estimate of drug-likeness (QED) is 0.790. The number of pyridine rings is 2. The summed E-state index contributed by atoms with van der Waals surface area (Å²) >= 11 is 1.15. The van der Waals surface area contributed by atoms with E-state index in [9.17, 15) is 4.79 Å². The van der Waals surface area contributed by atoms with Crippen LogP contribution in [0.15, 0.2) is 49.2 Å². The highest BCUT2D eigenvalue weighted by Crippen LogP contribution is 2.24. The van der Waals surface area contributed by atoms with E-state index in [2.05, 4.69) is 20.3 Å². The second-order valence-corrected chi connectivity index (χ2v) is 6.13. The van der Waals surface area contributed by atoms with Crippen molar-refractivity contribution >= 4 is 22.4 Å². The van der Waals surface area contributed by atoms with E-state index in [4.69, 9.17) is 5.26 Å². The first-order valence-electron chi connectivity index (χ1n) is 7.19. The van der Waals surface area contributed by atoms with Gasteiger partial charge in [0.15, 0.2) is 5.13 Å². The summed E-state index contributed by atoms with van der Waals surface area (Å²) in [5, 5.41) is 12.0. The average Bonchev–Trinajstić information content (AvgIpc) is 3.09. The van der Waals surface area contributed by atoms with E-state index < -0.39 is 5.92 Å². The minimum atomic E-state index is -0.399. The Morgan fingerprint density at radius 3 is 2.79 bits per heavy atom. The van der Waals surface area contributed by atoms with Crippen molar-refractivity contribution in [3.63, 3.8) is 0 Å². The molecule has 7 heteroatoms. The molecule has 0 aliphatic rings. The summed E-state index contributed by atoms with van der Waals surface area (Å²) in [6, 6.07) is 7.72. The normalized spacial score (nSPS) is 11.5. The third-order valence-corrected chi connectivity index (χ3v) is 4.31. The maximum Gasteiger partial charge on any atom is 0.233 e. The molecule has 1 N–H and O–H groups in total. The predicted octanol–water partition coefficient (Wildman–Crippen LogP) is 3.21. The van der Waals surface area contributed by atoms with E-state index in [-0.39, 0.29) is 5.91 Å². The van der Waals surface area contributed by atoms with Crippen molar-refractivity contribution in [2.24, 2.45) is 0 Å². The molecular weight excluding hydrogens is 322 g/mol. The molecule has 3 rings (SSSR count). The van der Waals surface area contributed by atoms with Gasteiger partial charge < -0.3 is 5.32 Å². The van der Waals surface area contributed by atoms with Crippen LogP contribution in [0.3, 0.4) is 0 Å². The van der Waals surface area contributed by atoms with Gasteiger partial charge in [-0.25, -0.2) is 4.98 Å². The van der Waals surface area contributed by atoms with Crippen molar-refractivity contribution in [2.75, 3.05) is 5.32 Å². The molecule has 1 amide bonds. The highest BCUT2D eigenvalue weighted by molar-refractivity contribution is 7.16. The summed E-state index contributed by atoms with van der Waals surface area (Å²) in [5.74, 6) is -0.595. The molecule has 3 aromatic heterocycles. The molecule has 0 saturated carbocycles. The van der Waals surface area contributed by atoms with Crippen LogP contribution >= 0.6 is 11.3 Å². The largest absolute Gasteiger partial charge is 0.301 e. The summed E-state index contributed by atoms with van der Waals surface area (Å²) < 4.78 is 0. The van der Waals surface area contributed by atoms with Gasteiger partial charge >= 0.3 is 0 Å². The Hall–Kier alpha value is -3.11. The van der Waals surface area contributed by atoms with E-state index in [0.717, 1.165) is 28.0 Å². The van der Waals surface area contributed by atoms with Crippen molar-refractivity contribution in [3.8, 4) is 17.2 Å². The van der Waals surface area contributed by atoms with Crippen molar-refractivity contribution in [1.82, 2.24) is 15.0 Å². The molecule has 0 fully saturated rings. The van der Waals surface area contributed by atoms with Crippen LogP contribution in [0, 0.1) is 11.3 Å². The van der Waals surface area contributed by atoms with Gasteiger partial charge in [-0.15, -0.1) is 0 Å². The van der Waals surface area contributed by atoms with Crippen LogP contribution in [0.4, 0.5) is 5.13 Å². The van der Waals surface area contributed by atoms with Crippen LogP contribution in [0.5, 0.6) is 0 Å². The van der Waals surface area contributed by atoms with Gasteiger partial charge in [-0.05, 0) is 24.6 Å². The lowest BCUT2D eigenvalue weighted by Gasteiger charge is -2.12. The fourth-order valence-corrected chi connectivity index (χ4v) is 2.75. The highest BCUT2D eigenvalue weighted by Gasteiger charge is 2.18. The molecule has 0 bridgehead atoms. The minimum absolute atomic E-state index is 0.195. The van der Waals surface area contributed by atoms with E-state index >= 15 is 0 Å². The van der Waals surface area contributed by atoms with E-state index in [1.54, 1.807) is 31.7 Å². The number of nitrogens with one attached hydrogen (secondary N) is 1. The Morgan fingerprint density at radius 2 is 2.08 bits per heavy atom. The third kappa shape index (κ3) is 3.45. The summed E-state index contributed by atoms with van der Waals surface area (Å²) in [7, 11) is 0. The third-order valence-electron chi connectivity index (χ3n) is 3.49. The summed E-state index contributed by atoms with van der Waals surface area (Å²) in [6.45, 7) is 1.80. The summed E-state index contributed by atoms with van der Waals surface area (Å²) in [4.78, 5) is 25.2. The second kappa shape index (κ2) is 6.98. The molecule has 1 unspecified atom stereocenters. The van der Waals surface area contributed by atoms with Crippen LogP contribution in [-0.4, -0.2) is 20.9 Å². The van der Waals surface area contributed by atoms with E-state index in [0.29, 0.717) is 10.0 Å². The highest BCUT2D eigenvalue weighted by atomic mass is 32.1. The molecule has 24 heavy (non-hydrogen) atoms. The van der Waals surface area contributed by atoms with Crippen LogP contribution in [0.2, 0.25) is 0 Å². The molecule has 6 nitrogen and oxygen atoms in total. The Balaban J connectivity index is 1.78. The lowest BCUT2D eigenvalue weighted by atomic mass is 9.99. The van der Waals surface area contributed by atoms with Gasteiger partial charge in [-0.1, -0.05) is 17.4 Å². The second-order valence-electron chi connectivity index (χ2n) is 5.10. The standard InChI is InChI=1S/C17H13N5OS/c1-11(16(23)22-17-21-10-15(6-18)24-17)13-5-14(9-20-8-13)12-3-2-4-19-7-12/h2-5,7-11H,1H3,(H,21,22,23). The monoisotopic (exact) mass is 335 g/mol. The van der Waals surface area contributed by atoms with Gasteiger partial charge in [0.2, 0.25) is 5.91 Å². The van der Waals surface area contributed by atoms with Crippen molar-refractivity contribution in [1.29, 1.82) is 5.26 Å². The number of aromatic nitrogens is 3. The topological polar surface area (TPSA) is 91.6 Å². The number of thiazole rings is 1. The molecule has 0 aliphatic carbocycles. The molecule has 0 spiro atoms. The number of hydrogen-bond donors (Lipinski definition) is 1. The molecule has 3 aromatic rings. The Bertz CT molecular complexity index is 901. The van der Waals surface area contributed by atoms with Crippen LogP contribution < -0.4 is 5.32 Å². The maximum atomic E-state index is 12.4. The number of nitriles is 1. The minimum Gasteiger partial charge on any atom is -0.301 e. The zero-order valence-corrected chi connectivity index (χ0v) is 13.6. The number of carbonyl (C=O) groups is 1. The number of amides is 1. The van der Waals surface area contributed by atoms with Gasteiger partial charge in [-0.3, -0.25) is 14.8 Å². The molecule has 0 aliphatic heterocycles. The lowest BCUT2D eigenvalue weighted by molar-refractivity contribution is -0.117. The fourth-order valence-electron chi connectivity index (χ4n) is 2.13. The van der Waals surface area contributed by atoms with Crippen molar-refractivity contribution in [2.45, 2.75) is 12.8 Å². The van der Waals surface area contributed by atoms with Crippen molar-refractivity contribution in [3.05, 3.63) is 59.6 Å². The smallest absolute Gasteiger partial charge is 0.233 e. The van der Waals surface area contributed by atoms with Crippen LogP contribution in [0.1, 0.15) is 23.3 Å². The molecular formula is C17H13N5OS. The maximum absolute atomic E-state index is 12.4. The molecule has 118 valence electrons. The zero-order chi connectivity index (χ0) is 16.9. The fraction of sp³-hybridized carbons (Fsp3) is 0.118. The van der Waals surface area contributed by atoms with Crippen molar-refractivity contribution < 1.29 is 4.79 Å². The van der Waals surface area contributed by atoms with Gasteiger partial charge in [0, 0.05) is 35.9 Å². The zero-order valence-electron chi connectivity index (χ0n) is 12.8. The molecule has 3 heterocycles.